The second-order valence-electron chi connectivity index (χ2n) is 4.96. The summed E-state index contributed by atoms with van der Waals surface area (Å²) in [5, 5.41) is 11.7. The van der Waals surface area contributed by atoms with Gasteiger partial charge in [-0.2, -0.15) is 0 Å². The lowest BCUT2D eigenvalue weighted by Gasteiger charge is -2.22. The van der Waals surface area contributed by atoms with E-state index in [9.17, 15) is 9.59 Å². The van der Waals surface area contributed by atoms with Crippen molar-refractivity contribution in [2.24, 2.45) is 0 Å². The molecule has 0 radical (unpaired) electrons. The highest BCUT2D eigenvalue weighted by Crippen LogP contribution is 2.26. The summed E-state index contributed by atoms with van der Waals surface area (Å²) in [5.41, 5.74) is 0.573. The fourth-order valence-corrected chi connectivity index (χ4v) is 2.30. The number of methoxy groups -OCH3 is 1. The van der Waals surface area contributed by atoms with Crippen molar-refractivity contribution in [2.75, 3.05) is 19.0 Å². The minimum Gasteiger partial charge on any atom is -0.495 e. The Morgan fingerprint density at radius 3 is 2.86 bits per heavy atom. The van der Waals surface area contributed by atoms with E-state index >= 15 is 0 Å². The lowest BCUT2D eigenvalue weighted by atomic mass is 10.1. The third-order valence-corrected chi connectivity index (χ3v) is 3.41. The molecular weight excluding hydrogens is 274 g/mol. The Morgan fingerprint density at radius 1 is 1.43 bits per heavy atom. The molecule has 1 aliphatic heterocycles. The SMILES string of the molecule is COc1cc(C(=O)O)ccc1NC(=O)CC1CCCCO1. The fraction of sp³-hybridized carbons (Fsp3) is 0.467. The Balaban J connectivity index is 2.00. The van der Waals surface area contributed by atoms with E-state index < -0.39 is 5.97 Å². The summed E-state index contributed by atoms with van der Waals surface area (Å²) in [5.74, 6) is -0.877. The molecule has 2 rings (SSSR count). The number of amides is 1. The van der Waals surface area contributed by atoms with Crippen molar-refractivity contribution in [3.63, 3.8) is 0 Å². The number of hydrogen-bond acceptors (Lipinski definition) is 4. The maximum absolute atomic E-state index is 12.0. The monoisotopic (exact) mass is 293 g/mol. The number of nitrogens with one attached hydrogen (secondary N) is 1. The zero-order valence-electron chi connectivity index (χ0n) is 11.9. The van der Waals surface area contributed by atoms with Crippen LogP contribution in [0.5, 0.6) is 5.75 Å². The van der Waals surface area contributed by atoms with Gasteiger partial charge in [-0.3, -0.25) is 4.79 Å². The molecule has 21 heavy (non-hydrogen) atoms. The molecule has 1 saturated heterocycles. The molecular formula is C15H19NO5. The van der Waals surface area contributed by atoms with Crippen LogP contribution in [0.3, 0.4) is 0 Å². The average Bonchev–Trinajstić information content (AvgIpc) is 2.48. The van der Waals surface area contributed by atoms with Gasteiger partial charge in [0.15, 0.2) is 0 Å². The molecule has 0 spiro atoms. The smallest absolute Gasteiger partial charge is 0.335 e. The highest BCUT2D eigenvalue weighted by Gasteiger charge is 2.19. The quantitative estimate of drug-likeness (QED) is 0.870. The van der Waals surface area contributed by atoms with Gasteiger partial charge in [0, 0.05) is 6.61 Å². The fourth-order valence-electron chi connectivity index (χ4n) is 2.30. The average molecular weight is 293 g/mol. The van der Waals surface area contributed by atoms with Gasteiger partial charge < -0.3 is 19.9 Å². The zero-order chi connectivity index (χ0) is 15.2. The maximum Gasteiger partial charge on any atom is 0.335 e. The first-order chi connectivity index (χ1) is 10.1. The van der Waals surface area contributed by atoms with Crippen LogP contribution in [0, 0.1) is 0 Å². The second-order valence-corrected chi connectivity index (χ2v) is 4.96. The minimum atomic E-state index is -1.04. The van der Waals surface area contributed by atoms with Crippen molar-refractivity contribution in [3.8, 4) is 5.75 Å². The maximum atomic E-state index is 12.0. The van der Waals surface area contributed by atoms with Gasteiger partial charge in [0.2, 0.25) is 5.91 Å². The number of anilines is 1. The number of benzene rings is 1. The van der Waals surface area contributed by atoms with E-state index in [-0.39, 0.29) is 17.6 Å². The molecule has 0 aliphatic carbocycles. The van der Waals surface area contributed by atoms with Crippen LogP contribution < -0.4 is 10.1 Å². The predicted octanol–water partition coefficient (Wildman–Crippen LogP) is 2.29. The van der Waals surface area contributed by atoms with Crippen molar-refractivity contribution >= 4 is 17.6 Å². The van der Waals surface area contributed by atoms with Crippen LogP contribution in [0.15, 0.2) is 18.2 Å². The number of rotatable bonds is 5. The molecule has 1 fully saturated rings. The van der Waals surface area contributed by atoms with Crippen LogP contribution in [0.4, 0.5) is 5.69 Å². The molecule has 1 aromatic rings. The van der Waals surface area contributed by atoms with Gasteiger partial charge in [0.1, 0.15) is 5.75 Å². The summed E-state index contributed by atoms with van der Waals surface area (Å²) < 4.78 is 10.6. The molecule has 1 heterocycles. The van der Waals surface area contributed by atoms with Crippen molar-refractivity contribution < 1.29 is 24.2 Å². The number of carbonyl (C=O) groups is 2. The van der Waals surface area contributed by atoms with Gasteiger partial charge in [-0.25, -0.2) is 4.79 Å². The Hall–Kier alpha value is -2.08. The lowest BCUT2D eigenvalue weighted by Crippen LogP contribution is -2.25. The van der Waals surface area contributed by atoms with Crippen LogP contribution >= 0.6 is 0 Å². The first-order valence-electron chi connectivity index (χ1n) is 6.93. The molecule has 1 unspecified atom stereocenters. The number of ether oxygens (including phenoxy) is 2. The third-order valence-electron chi connectivity index (χ3n) is 3.41. The van der Waals surface area contributed by atoms with Crippen LogP contribution in [0.2, 0.25) is 0 Å². The summed E-state index contributed by atoms with van der Waals surface area (Å²) in [4.78, 5) is 22.9. The molecule has 0 bridgehead atoms. The Kier molecular flexibility index (Phi) is 5.16. The molecule has 6 nitrogen and oxygen atoms in total. The van der Waals surface area contributed by atoms with Crippen LogP contribution in [0.1, 0.15) is 36.0 Å². The van der Waals surface area contributed by atoms with Crippen molar-refractivity contribution in [1.82, 2.24) is 0 Å². The first-order valence-corrected chi connectivity index (χ1v) is 6.93. The summed E-state index contributed by atoms with van der Waals surface area (Å²) in [6.07, 6.45) is 3.27. The molecule has 1 amide bonds. The van der Waals surface area contributed by atoms with E-state index in [1.54, 1.807) is 0 Å². The zero-order valence-corrected chi connectivity index (χ0v) is 11.9. The predicted molar refractivity (Wildman–Crippen MR) is 76.8 cm³/mol. The Bertz CT molecular complexity index is 523. The molecule has 0 aromatic heterocycles. The normalized spacial score (nSPS) is 18.0. The van der Waals surface area contributed by atoms with E-state index in [4.69, 9.17) is 14.6 Å². The van der Waals surface area contributed by atoms with Crippen molar-refractivity contribution in [2.45, 2.75) is 31.8 Å². The number of hydrogen-bond donors (Lipinski definition) is 2. The van der Waals surface area contributed by atoms with E-state index in [2.05, 4.69) is 5.32 Å². The van der Waals surface area contributed by atoms with E-state index in [0.717, 1.165) is 19.3 Å². The van der Waals surface area contributed by atoms with Gasteiger partial charge in [-0.1, -0.05) is 0 Å². The largest absolute Gasteiger partial charge is 0.495 e. The van der Waals surface area contributed by atoms with E-state index in [1.807, 2.05) is 0 Å². The summed E-state index contributed by atoms with van der Waals surface area (Å²) in [6, 6.07) is 4.34. The molecule has 6 heteroatoms. The van der Waals surface area contributed by atoms with Gasteiger partial charge in [-0.15, -0.1) is 0 Å². The Morgan fingerprint density at radius 2 is 2.24 bits per heavy atom. The molecule has 0 saturated carbocycles. The lowest BCUT2D eigenvalue weighted by molar-refractivity contribution is -0.119. The number of aromatic carboxylic acids is 1. The van der Waals surface area contributed by atoms with Crippen molar-refractivity contribution in [3.05, 3.63) is 23.8 Å². The van der Waals surface area contributed by atoms with E-state index in [1.165, 1.54) is 25.3 Å². The van der Waals surface area contributed by atoms with Crippen LogP contribution in [0.25, 0.3) is 0 Å². The van der Waals surface area contributed by atoms with Gasteiger partial charge in [-0.05, 0) is 37.5 Å². The van der Waals surface area contributed by atoms with E-state index in [0.29, 0.717) is 24.5 Å². The first kappa shape index (κ1) is 15.3. The molecule has 1 aromatic carbocycles. The number of carbonyl (C=O) groups excluding carboxylic acids is 1. The second kappa shape index (κ2) is 7.08. The van der Waals surface area contributed by atoms with Gasteiger partial charge in [0.25, 0.3) is 0 Å². The molecule has 2 N–H and O–H groups in total. The molecule has 1 atom stereocenters. The molecule has 1 aliphatic rings. The third kappa shape index (κ3) is 4.19. The topological polar surface area (TPSA) is 84.9 Å². The number of carboxylic acids is 1. The van der Waals surface area contributed by atoms with Gasteiger partial charge >= 0.3 is 5.97 Å². The highest BCUT2D eigenvalue weighted by atomic mass is 16.5. The number of carboxylic acid groups (broad SMARTS) is 1. The van der Waals surface area contributed by atoms with Crippen LogP contribution in [-0.4, -0.2) is 36.8 Å². The summed E-state index contributed by atoms with van der Waals surface area (Å²) in [7, 11) is 1.43. The summed E-state index contributed by atoms with van der Waals surface area (Å²) in [6.45, 7) is 0.703. The van der Waals surface area contributed by atoms with Crippen molar-refractivity contribution in [1.29, 1.82) is 0 Å². The standard InChI is InChI=1S/C15H19NO5/c1-20-13-8-10(15(18)19)5-6-12(13)16-14(17)9-11-4-2-3-7-21-11/h5-6,8,11H,2-4,7,9H2,1H3,(H,16,17)(H,18,19). The minimum absolute atomic E-state index is 0.0389. The van der Waals surface area contributed by atoms with Crippen LogP contribution in [-0.2, 0) is 9.53 Å². The van der Waals surface area contributed by atoms with Gasteiger partial charge in [0.05, 0.1) is 30.9 Å². The summed E-state index contributed by atoms with van der Waals surface area (Å²) >= 11 is 0. The highest BCUT2D eigenvalue weighted by molar-refractivity contribution is 5.94. The Labute approximate surface area is 123 Å². The molecule has 114 valence electrons.